The molecule has 0 aliphatic rings. The molecular formula is C6H15LiN2O3S. The molecule has 0 heterocycles. The van der Waals surface area contributed by atoms with E-state index in [1.807, 2.05) is 0 Å². The van der Waals surface area contributed by atoms with E-state index in [4.69, 9.17) is 5.73 Å². The van der Waals surface area contributed by atoms with Crippen LogP contribution in [0.4, 0.5) is 0 Å². The minimum Gasteiger partial charge on any atom is -0.748 e. The molecule has 0 aromatic rings. The Kier molecular flexibility index (Phi) is 11.0. The number of hydrogen-bond acceptors (Lipinski definition) is 5. The number of nitrogens with one attached hydrogen (secondary N) is 1. The first-order chi connectivity index (χ1) is 5.56. The molecule has 0 radical (unpaired) electrons. The number of hydrogen-bond donors (Lipinski definition) is 2. The summed E-state index contributed by atoms with van der Waals surface area (Å²) in [6, 6.07) is 0. The predicted molar refractivity (Wildman–Crippen MR) is 45.7 cm³/mol. The van der Waals surface area contributed by atoms with Crippen LogP contribution in [0.25, 0.3) is 0 Å². The fraction of sp³-hybridized carbons (Fsp3) is 1.00. The van der Waals surface area contributed by atoms with Gasteiger partial charge >= 0.3 is 18.9 Å². The molecule has 5 nitrogen and oxygen atoms in total. The summed E-state index contributed by atoms with van der Waals surface area (Å²) in [4.78, 5) is 0. The Bertz CT molecular complexity index is 196. The van der Waals surface area contributed by atoms with Gasteiger partial charge in [-0.3, -0.25) is 0 Å². The molecule has 0 aliphatic heterocycles. The minimum atomic E-state index is -4.02. The van der Waals surface area contributed by atoms with Crippen LogP contribution in [0.15, 0.2) is 0 Å². The first kappa shape index (κ1) is 15.9. The van der Waals surface area contributed by atoms with Gasteiger partial charge in [0.05, 0.1) is 10.1 Å². The molecule has 0 atom stereocenters. The summed E-state index contributed by atoms with van der Waals surface area (Å²) < 4.78 is 30.4. The molecular weight excluding hydrogens is 187 g/mol. The summed E-state index contributed by atoms with van der Waals surface area (Å²) in [5.41, 5.74) is 5.20. The van der Waals surface area contributed by atoms with Gasteiger partial charge < -0.3 is 15.6 Å². The molecule has 13 heavy (non-hydrogen) atoms. The fourth-order valence-electron chi connectivity index (χ4n) is 0.756. The topological polar surface area (TPSA) is 95.2 Å². The minimum absolute atomic E-state index is 0. The van der Waals surface area contributed by atoms with Crippen LogP contribution in [-0.2, 0) is 10.1 Å². The molecule has 74 valence electrons. The third-order valence-electron chi connectivity index (χ3n) is 1.32. The van der Waals surface area contributed by atoms with Crippen molar-refractivity contribution in [1.29, 1.82) is 0 Å². The normalized spacial score (nSPS) is 10.9. The Morgan fingerprint density at radius 3 is 2.31 bits per heavy atom. The maximum atomic E-state index is 10.1. The van der Waals surface area contributed by atoms with Crippen molar-refractivity contribution in [2.75, 3.05) is 25.4 Å². The summed E-state index contributed by atoms with van der Waals surface area (Å²) in [7, 11) is -4.02. The van der Waals surface area contributed by atoms with E-state index in [1.54, 1.807) is 0 Å². The van der Waals surface area contributed by atoms with Crippen molar-refractivity contribution >= 4 is 10.1 Å². The maximum Gasteiger partial charge on any atom is 1.00 e. The van der Waals surface area contributed by atoms with Crippen LogP contribution in [0.3, 0.4) is 0 Å². The molecule has 0 aromatic carbocycles. The quantitative estimate of drug-likeness (QED) is 0.248. The van der Waals surface area contributed by atoms with Crippen molar-refractivity contribution in [3.8, 4) is 0 Å². The van der Waals surface area contributed by atoms with Gasteiger partial charge in [-0.25, -0.2) is 8.42 Å². The molecule has 3 N–H and O–H groups in total. The molecule has 0 aromatic heterocycles. The van der Waals surface area contributed by atoms with E-state index < -0.39 is 10.1 Å². The molecule has 0 bridgehead atoms. The fourth-order valence-corrected chi connectivity index (χ4v) is 1.31. The summed E-state index contributed by atoms with van der Waals surface area (Å²) in [5.74, 6) is -0.267. The van der Waals surface area contributed by atoms with Crippen LogP contribution in [0.1, 0.15) is 12.8 Å². The number of unbranched alkanes of at least 4 members (excludes halogenated alkanes) is 1. The second-order valence-corrected chi connectivity index (χ2v) is 4.03. The molecule has 0 rings (SSSR count). The summed E-state index contributed by atoms with van der Waals surface area (Å²) >= 11 is 0. The third-order valence-corrected chi connectivity index (χ3v) is 2.11. The van der Waals surface area contributed by atoms with Crippen molar-refractivity contribution in [2.45, 2.75) is 12.8 Å². The van der Waals surface area contributed by atoms with E-state index in [1.165, 1.54) is 0 Å². The molecule has 0 spiro atoms. The van der Waals surface area contributed by atoms with Crippen LogP contribution >= 0.6 is 0 Å². The van der Waals surface area contributed by atoms with Crippen molar-refractivity contribution in [1.82, 2.24) is 5.32 Å². The van der Waals surface area contributed by atoms with Gasteiger partial charge in [-0.2, -0.15) is 0 Å². The van der Waals surface area contributed by atoms with Crippen molar-refractivity contribution < 1.29 is 31.8 Å². The second kappa shape index (κ2) is 9.00. The van der Waals surface area contributed by atoms with Gasteiger partial charge in [-0.1, -0.05) is 0 Å². The summed E-state index contributed by atoms with van der Waals surface area (Å²) in [6.45, 7) is 2.01. The Morgan fingerprint density at radius 1 is 1.23 bits per heavy atom. The summed E-state index contributed by atoms with van der Waals surface area (Å²) in [5, 5.41) is 3.00. The van der Waals surface area contributed by atoms with Crippen LogP contribution < -0.4 is 29.9 Å². The summed E-state index contributed by atoms with van der Waals surface area (Å²) in [6.07, 6.45) is 1.12. The largest absolute Gasteiger partial charge is 1.00 e. The Labute approximate surface area is 91.4 Å². The van der Waals surface area contributed by atoms with Crippen molar-refractivity contribution in [3.63, 3.8) is 0 Å². The standard InChI is InChI=1S/C6H16N2O3S.Li/c7-3-5-8-4-1-2-6-12(9,10)11;/h8H,1-7H2,(H,9,10,11);/q;+1/p-1. The average molecular weight is 202 g/mol. The van der Waals surface area contributed by atoms with Gasteiger partial charge in [0.25, 0.3) is 0 Å². The predicted octanol–water partition coefficient (Wildman–Crippen LogP) is -4.14. The smallest absolute Gasteiger partial charge is 0.748 e. The first-order valence-electron chi connectivity index (χ1n) is 3.90. The van der Waals surface area contributed by atoms with Crippen LogP contribution in [0.5, 0.6) is 0 Å². The van der Waals surface area contributed by atoms with Gasteiger partial charge in [-0.15, -0.1) is 0 Å². The van der Waals surface area contributed by atoms with Gasteiger partial charge in [0.2, 0.25) is 0 Å². The van der Waals surface area contributed by atoms with Gasteiger partial charge in [0.15, 0.2) is 0 Å². The van der Waals surface area contributed by atoms with Crippen molar-refractivity contribution in [2.24, 2.45) is 5.73 Å². The van der Waals surface area contributed by atoms with E-state index in [-0.39, 0.29) is 24.6 Å². The molecule has 0 unspecified atom stereocenters. The molecule has 0 saturated carbocycles. The number of nitrogens with two attached hydrogens (primary N) is 1. The second-order valence-electron chi connectivity index (χ2n) is 2.51. The molecule has 0 amide bonds. The van der Waals surface area contributed by atoms with Crippen LogP contribution in [-0.4, -0.2) is 38.4 Å². The van der Waals surface area contributed by atoms with Gasteiger partial charge in [0, 0.05) is 18.8 Å². The van der Waals surface area contributed by atoms with E-state index in [0.717, 1.165) is 6.54 Å². The maximum absolute atomic E-state index is 10.1. The van der Waals surface area contributed by atoms with E-state index in [9.17, 15) is 13.0 Å². The van der Waals surface area contributed by atoms with E-state index in [0.29, 0.717) is 25.9 Å². The average Bonchev–Trinajstić information content (AvgIpc) is 1.94. The third kappa shape index (κ3) is 15.2. The first-order valence-corrected chi connectivity index (χ1v) is 5.48. The zero-order valence-corrected chi connectivity index (χ0v) is 8.77. The molecule has 0 saturated heterocycles. The molecule has 0 aliphatic carbocycles. The van der Waals surface area contributed by atoms with Crippen LogP contribution in [0.2, 0.25) is 0 Å². The monoisotopic (exact) mass is 202 g/mol. The van der Waals surface area contributed by atoms with E-state index in [2.05, 4.69) is 5.32 Å². The zero-order chi connectivity index (χ0) is 9.45. The SMILES string of the molecule is NCCNCCCCS(=O)(=O)[O-].[Li+]. The Hall–Kier alpha value is 0.427. The molecule has 0 fully saturated rings. The van der Waals surface area contributed by atoms with Crippen molar-refractivity contribution in [3.05, 3.63) is 0 Å². The molecule has 7 heteroatoms. The zero-order valence-electron chi connectivity index (χ0n) is 7.95. The Morgan fingerprint density at radius 2 is 1.85 bits per heavy atom. The van der Waals surface area contributed by atoms with E-state index >= 15 is 0 Å². The van der Waals surface area contributed by atoms with Crippen LogP contribution in [0, 0.1) is 0 Å². The Balaban J connectivity index is 0. The van der Waals surface area contributed by atoms with Gasteiger partial charge in [0.1, 0.15) is 0 Å². The van der Waals surface area contributed by atoms with Gasteiger partial charge in [-0.05, 0) is 19.4 Å². The number of rotatable bonds is 7.